The van der Waals surface area contributed by atoms with E-state index in [1.54, 1.807) is 19.1 Å². The summed E-state index contributed by atoms with van der Waals surface area (Å²) in [4.78, 5) is 22.3. The Morgan fingerprint density at radius 1 is 1.39 bits per heavy atom. The first-order valence-corrected chi connectivity index (χ1v) is 5.77. The second kappa shape index (κ2) is 6.74. The first kappa shape index (κ1) is 14.2. The van der Waals surface area contributed by atoms with Crippen molar-refractivity contribution < 1.29 is 19.1 Å². The largest absolute Gasteiger partial charge is 0.481 e. The number of aliphatic carboxylic acids is 1. The third-order valence-electron chi connectivity index (χ3n) is 2.70. The number of halogens is 1. The molecule has 0 saturated heterocycles. The summed E-state index contributed by atoms with van der Waals surface area (Å²) in [5, 5.41) is 11.3. The summed E-state index contributed by atoms with van der Waals surface area (Å²) in [6.45, 7) is 1.81. The maximum Gasteiger partial charge on any atom is 0.308 e. The van der Waals surface area contributed by atoms with Gasteiger partial charge in [0.25, 0.3) is 0 Å². The Bertz CT molecular complexity index is 434. The van der Waals surface area contributed by atoms with Gasteiger partial charge in [0.2, 0.25) is 5.91 Å². The van der Waals surface area contributed by atoms with Crippen LogP contribution >= 0.6 is 0 Å². The van der Waals surface area contributed by atoms with Crippen LogP contribution in [0.25, 0.3) is 0 Å². The summed E-state index contributed by atoms with van der Waals surface area (Å²) in [5.74, 6) is -2.35. The summed E-state index contributed by atoms with van der Waals surface area (Å²) in [6.07, 6.45) is 0.359. The molecule has 1 unspecified atom stereocenters. The molecule has 98 valence electrons. The van der Waals surface area contributed by atoms with Gasteiger partial charge in [-0.05, 0) is 18.1 Å². The number of carboxylic acid groups (broad SMARTS) is 1. The lowest BCUT2D eigenvalue weighted by atomic mass is 10.1. The molecule has 1 rings (SSSR count). The Morgan fingerprint density at radius 2 is 2.06 bits per heavy atom. The van der Waals surface area contributed by atoms with Crippen molar-refractivity contribution in [2.45, 2.75) is 19.8 Å². The predicted molar refractivity (Wildman–Crippen MR) is 64.5 cm³/mol. The lowest BCUT2D eigenvalue weighted by Gasteiger charge is -2.11. The minimum Gasteiger partial charge on any atom is -0.481 e. The lowest BCUT2D eigenvalue weighted by Crippen LogP contribution is -2.33. The van der Waals surface area contributed by atoms with Gasteiger partial charge in [-0.1, -0.05) is 25.1 Å². The highest BCUT2D eigenvalue weighted by Crippen LogP contribution is 2.07. The van der Waals surface area contributed by atoms with E-state index in [4.69, 9.17) is 5.11 Å². The molecule has 0 aliphatic heterocycles. The molecule has 0 spiro atoms. The van der Waals surface area contributed by atoms with Gasteiger partial charge >= 0.3 is 5.97 Å². The third kappa shape index (κ3) is 4.16. The lowest BCUT2D eigenvalue weighted by molar-refractivity contribution is -0.141. The maximum absolute atomic E-state index is 13.3. The number of carboxylic acids is 1. The topological polar surface area (TPSA) is 66.4 Å². The molecule has 0 aromatic heterocycles. The molecule has 18 heavy (non-hydrogen) atoms. The van der Waals surface area contributed by atoms with Gasteiger partial charge < -0.3 is 10.4 Å². The monoisotopic (exact) mass is 253 g/mol. The molecular formula is C13H16FNO3. The van der Waals surface area contributed by atoms with Gasteiger partial charge in [-0.25, -0.2) is 4.39 Å². The number of rotatable bonds is 6. The minimum absolute atomic E-state index is 0.0686. The van der Waals surface area contributed by atoms with E-state index >= 15 is 0 Å². The third-order valence-corrected chi connectivity index (χ3v) is 2.70. The van der Waals surface area contributed by atoms with Crippen LogP contribution in [0.15, 0.2) is 24.3 Å². The molecule has 5 heteroatoms. The fraction of sp³-hybridized carbons (Fsp3) is 0.385. The number of benzene rings is 1. The standard InChI is InChI=1S/C13H16FNO3/c1-2-9(13(17)18)8-15-12(16)7-10-5-3-4-6-11(10)14/h3-6,9H,2,7-8H2,1H3,(H,15,16)(H,17,18). The Labute approximate surface area is 105 Å². The Hall–Kier alpha value is -1.91. The van der Waals surface area contributed by atoms with Crippen molar-refractivity contribution in [3.05, 3.63) is 35.6 Å². The molecule has 0 bridgehead atoms. The van der Waals surface area contributed by atoms with Crippen LogP contribution in [0.2, 0.25) is 0 Å². The van der Waals surface area contributed by atoms with Gasteiger partial charge in [0, 0.05) is 6.54 Å². The highest BCUT2D eigenvalue weighted by atomic mass is 19.1. The van der Waals surface area contributed by atoms with Crippen molar-refractivity contribution in [2.75, 3.05) is 6.54 Å². The second-order valence-electron chi connectivity index (χ2n) is 4.02. The number of carbonyl (C=O) groups excluding carboxylic acids is 1. The molecule has 4 nitrogen and oxygen atoms in total. The zero-order valence-corrected chi connectivity index (χ0v) is 10.1. The molecule has 0 aliphatic rings. The summed E-state index contributed by atoms with van der Waals surface area (Å²) in [6, 6.07) is 6.02. The highest BCUT2D eigenvalue weighted by molar-refractivity contribution is 5.79. The first-order chi connectivity index (χ1) is 8.54. The van der Waals surface area contributed by atoms with Crippen molar-refractivity contribution in [3.63, 3.8) is 0 Å². The second-order valence-corrected chi connectivity index (χ2v) is 4.02. The van der Waals surface area contributed by atoms with E-state index in [0.29, 0.717) is 12.0 Å². The minimum atomic E-state index is -0.941. The molecule has 0 radical (unpaired) electrons. The van der Waals surface area contributed by atoms with E-state index in [1.807, 2.05) is 0 Å². The average molecular weight is 253 g/mol. The van der Waals surface area contributed by atoms with Crippen LogP contribution in [0.3, 0.4) is 0 Å². The smallest absolute Gasteiger partial charge is 0.308 e. The molecule has 2 N–H and O–H groups in total. The Morgan fingerprint density at radius 3 is 2.61 bits per heavy atom. The number of carbonyl (C=O) groups is 2. The molecule has 1 aromatic rings. The van der Waals surface area contributed by atoms with Crippen molar-refractivity contribution in [3.8, 4) is 0 Å². The van der Waals surface area contributed by atoms with Gasteiger partial charge in [0.1, 0.15) is 5.82 Å². The zero-order valence-electron chi connectivity index (χ0n) is 10.1. The van der Waals surface area contributed by atoms with E-state index in [2.05, 4.69) is 5.32 Å². The predicted octanol–water partition coefficient (Wildman–Crippen LogP) is 1.60. The van der Waals surface area contributed by atoms with Crippen LogP contribution in [-0.2, 0) is 16.0 Å². The number of amides is 1. The Balaban J connectivity index is 2.48. The molecule has 0 aliphatic carbocycles. The van der Waals surface area contributed by atoms with Gasteiger partial charge in [-0.15, -0.1) is 0 Å². The fourth-order valence-corrected chi connectivity index (χ4v) is 1.52. The summed E-state index contributed by atoms with van der Waals surface area (Å²) < 4.78 is 13.3. The highest BCUT2D eigenvalue weighted by Gasteiger charge is 2.16. The SMILES string of the molecule is CCC(CNC(=O)Cc1ccccc1F)C(=O)O. The van der Waals surface area contributed by atoms with E-state index in [9.17, 15) is 14.0 Å². The number of nitrogens with one attached hydrogen (secondary N) is 1. The van der Waals surface area contributed by atoms with Crippen molar-refractivity contribution in [1.29, 1.82) is 0 Å². The summed E-state index contributed by atoms with van der Waals surface area (Å²) >= 11 is 0. The number of hydrogen-bond donors (Lipinski definition) is 2. The zero-order chi connectivity index (χ0) is 13.5. The molecule has 0 heterocycles. The van der Waals surface area contributed by atoms with Crippen molar-refractivity contribution >= 4 is 11.9 Å². The maximum atomic E-state index is 13.3. The first-order valence-electron chi connectivity index (χ1n) is 5.77. The number of hydrogen-bond acceptors (Lipinski definition) is 2. The molecular weight excluding hydrogens is 237 g/mol. The molecule has 1 atom stereocenters. The molecule has 1 amide bonds. The van der Waals surface area contributed by atoms with Crippen LogP contribution in [-0.4, -0.2) is 23.5 Å². The van der Waals surface area contributed by atoms with Crippen LogP contribution in [0.1, 0.15) is 18.9 Å². The molecule has 0 saturated carbocycles. The molecule has 0 fully saturated rings. The van der Waals surface area contributed by atoms with Crippen LogP contribution in [0, 0.1) is 11.7 Å². The molecule has 1 aromatic carbocycles. The summed E-state index contributed by atoms with van der Waals surface area (Å²) in [7, 11) is 0. The van der Waals surface area contributed by atoms with E-state index in [0.717, 1.165) is 0 Å². The fourth-order valence-electron chi connectivity index (χ4n) is 1.52. The van der Waals surface area contributed by atoms with E-state index < -0.39 is 17.7 Å². The Kier molecular flexibility index (Phi) is 5.30. The normalized spacial score (nSPS) is 11.9. The average Bonchev–Trinajstić information content (AvgIpc) is 2.32. The van der Waals surface area contributed by atoms with Gasteiger partial charge in [0.05, 0.1) is 12.3 Å². The van der Waals surface area contributed by atoms with Crippen LogP contribution in [0.5, 0.6) is 0 Å². The van der Waals surface area contributed by atoms with E-state index in [1.165, 1.54) is 12.1 Å². The summed E-state index contributed by atoms with van der Waals surface area (Å²) in [5.41, 5.74) is 0.304. The van der Waals surface area contributed by atoms with Gasteiger partial charge in [-0.2, -0.15) is 0 Å². The van der Waals surface area contributed by atoms with Crippen molar-refractivity contribution in [2.24, 2.45) is 5.92 Å². The van der Waals surface area contributed by atoms with Crippen LogP contribution in [0.4, 0.5) is 4.39 Å². The quantitative estimate of drug-likeness (QED) is 0.809. The van der Waals surface area contributed by atoms with Gasteiger partial charge in [0.15, 0.2) is 0 Å². The van der Waals surface area contributed by atoms with E-state index in [-0.39, 0.29) is 18.9 Å². The van der Waals surface area contributed by atoms with Gasteiger partial charge in [-0.3, -0.25) is 9.59 Å². The van der Waals surface area contributed by atoms with Crippen molar-refractivity contribution in [1.82, 2.24) is 5.32 Å². The van der Waals surface area contributed by atoms with Crippen LogP contribution < -0.4 is 5.32 Å².